The maximum Gasteiger partial charge on any atom is 0.281 e. The number of phenolic OH excluding ortho intramolecular Hbond substituents is 2. The van der Waals surface area contributed by atoms with Crippen molar-refractivity contribution in [3.05, 3.63) is 86.5 Å². The van der Waals surface area contributed by atoms with Crippen molar-refractivity contribution in [1.82, 2.24) is 0 Å². The van der Waals surface area contributed by atoms with Crippen molar-refractivity contribution in [2.75, 3.05) is 5.32 Å². The SMILES string of the molecule is CCCCc1ccc(Nc2ccc(O)c3c2C(=O)c2c(O)ccc([N+](=O)[O-])c2C3=O)cc1. The molecule has 0 fully saturated rings. The highest BCUT2D eigenvalue weighted by molar-refractivity contribution is 6.33. The number of benzene rings is 3. The molecule has 0 aromatic heterocycles. The number of aryl methyl sites for hydroxylation is 1. The summed E-state index contributed by atoms with van der Waals surface area (Å²) in [5, 5.41) is 35.1. The van der Waals surface area contributed by atoms with Crippen molar-refractivity contribution in [1.29, 1.82) is 0 Å². The molecule has 0 bridgehead atoms. The molecule has 3 aromatic rings. The molecule has 0 amide bonds. The number of aromatic hydroxyl groups is 2. The smallest absolute Gasteiger partial charge is 0.281 e. The lowest BCUT2D eigenvalue weighted by atomic mass is 9.81. The third-order valence-electron chi connectivity index (χ3n) is 5.50. The van der Waals surface area contributed by atoms with Gasteiger partial charge in [-0.05, 0) is 48.7 Å². The van der Waals surface area contributed by atoms with Crippen molar-refractivity contribution in [3.8, 4) is 11.5 Å². The van der Waals surface area contributed by atoms with Crippen LogP contribution >= 0.6 is 0 Å². The minimum atomic E-state index is -0.895. The van der Waals surface area contributed by atoms with Crippen LogP contribution in [0.2, 0.25) is 0 Å². The lowest BCUT2D eigenvalue weighted by Gasteiger charge is -2.22. The molecule has 1 aliphatic rings. The zero-order valence-corrected chi connectivity index (χ0v) is 17.2. The fraction of sp³-hybridized carbons (Fsp3) is 0.167. The zero-order valence-electron chi connectivity index (χ0n) is 17.2. The molecule has 0 aliphatic heterocycles. The number of hydrogen-bond acceptors (Lipinski definition) is 7. The Hall–Kier alpha value is -4.20. The Kier molecular flexibility index (Phi) is 5.36. The number of hydrogen-bond donors (Lipinski definition) is 3. The topological polar surface area (TPSA) is 130 Å². The predicted molar refractivity (Wildman–Crippen MR) is 118 cm³/mol. The molecular weight excluding hydrogens is 412 g/mol. The van der Waals surface area contributed by atoms with Gasteiger partial charge in [0.05, 0.1) is 27.3 Å². The summed E-state index contributed by atoms with van der Waals surface area (Å²) in [4.78, 5) is 37.1. The number of anilines is 2. The van der Waals surface area contributed by atoms with E-state index in [9.17, 15) is 29.9 Å². The number of phenols is 2. The van der Waals surface area contributed by atoms with Gasteiger partial charge in [0.15, 0.2) is 0 Å². The van der Waals surface area contributed by atoms with Crippen LogP contribution in [0, 0.1) is 10.1 Å². The van der Waals surface area contributed by atoms with Gasteiger partial charge in [-0.15, -0.1) is 0 Å². The molecule has 4 rings (SSSR count). The van der Waals surface area contributed by atoms with Crippen molar-refractivity contribution in [2.24, 2.45) is 0 Å². The second-order valence-corrected chi connectivity index (χ2v) is 7.58. The number of nitro groups is 1. The van der Waals surface area contributed by atoms with Crippen LogP contribution in [0.25, 0.3) is 0 Å². The lowest BCUT2D eigenvalue weighted by molar-refractivity contribution is -0.385. The molecule has 32 heavy (non-hydrogen) atoms. The molecular formula is C24H20N2O6. The molecule has 0 heterocycles. The molecule has 0 atom stereocenters. The summed E-state index contributed by atoms with van der Waals surface area (Å²) in [7, 11) is 0. The number of nitrogens with one attached hydrogen (secondary N) is 1. The molecule has 0 saturated carbocycles. The van der Waals surface area contributed by atoms with Gasteiger partial charge in [0.2, 0.25) is 11.6 Å². The quantitative estimate of drug-likeness (QED) is 0.225. The summed E-state index contributed by atoms with van der Waals surface area (Å²) >= 11 is 0. The van der Waals surface area contributed by atoms with Gasteiger partial charge in [0.25, 0.3) is 5.69 Å². The Morgan fingerprint density at radius 1 is 0.844 bits per heavy atom. The first-order chi connectivity index (χ1) is 15.3. The minimum absolute atomic E-state index is 0.145. The van der Waals surface area contributed by atoms with Gasteiger partial charge < -0.3 is 15.5 Å². The van der Waals surface area contributed by atoms with Gasteiger partial charge in [-0.3, -0.25) is 19.7 Å². The summed E-state index contributed by atoms with van der Waals surface area (Å²) in [6.07, 6.45) is 3.11. The maximum atomic E-state index is 13.3. The number of nitro benzene ring substituents is 1. The third-order valence-corrected chi connectivity index (χ3v) is 5.50. The molecule has 0 spiro atoms. The van der Waals surface area contributed by atoms with E-state index in [2.05, 4.69) is 12.2 Å². The van der Waals surface area contributed by atoms with Crippen LogP contribution in [0.15, 0.2) is 48.5 Å². The number of carbonyl (C=O) groups excluding carboxylic acids is 2. The van der Waals surface area contributed by atoms with E-state index >= 15 is 0 Å². The highest BCUT2D eigenvalue weighted by atomic mass is 16.6. The van der Waals surface area contributed by atoms with Crippen molar-refractivity contribution in [3.63, 3.8) is 0 Å². The lowest BCUT2D eigenvalue weighted by Crippen LogP contribution is -2.23. The Morgan fingerprint density at radius 2 is 1.44 bits per heavy atom. The van der Waals surface area contributed by atoms with Crippen molar-refractivity contribution >= 4 is 28.6 Å². The third kappa shape index (κ3) is 3.45. The Labute approximate surface area is 183 Å². The number of carbonyl (C=O) groups is 2. The number of nitrogens with zero attached hydrogens (tertiary/aromatic N) is 1. The first kappa shape index (κ1) is 21.0. The summed E-state index contributed by atoms with van der Waals surface area (Å²) in [5.41, 5.74) is 0.0147. The number of rotatable bonds is 6. The molecule has 0 unspecified atom stereocenters. The number of unbranched alkanes of at least 4 members (excludes halogenated alkanes) is 1. The molecule has 8 nitrogen and oxygen atoms in total. The van der Waals surface area contributed by atoms with Crippen molar-refractivity contribution < 1.29 is 24.7 Å². The highest BCUT2D eigenvalue weighted by Gasteiger charge is 2.40. The largest absolute Gasteiger partial charge is 0.507 e. The molecule has 1 aliphatic carbocycles. The van der Waals surface area contributed by atoms with Crippen LogP contribution in [0.1, 0.15) is 57.2 Å². The fourth-order valence-corrected chi connectivity index (χ4v) is 3.90. The summed E-state index contributed by atoms with van der Waals surface area (Å²) in [6, 6.07) is 12.3. The second-order valence-electron chi connectivity index (χ2n) is 7.58. The first-order valence-electron chi connectivity index (χ1n) is 10.1. The van der Waals surface area contributed by atoms with Crippen LogP contribution < -0.4 is 5.32 Å². The normalized spacial score (nSPS) is 12.3. The molecule has 3 N–H and O–H groups in total. The van der Waals surface area contributed by atoms with Crippen LogP contribution in [0.4, 0.5) is 17.1 Å². The fourth-order valence-electron chi connectivity index (χ4n) is 3.90. The van der Waals surface area contributed by atoms with Crippen LogP contribution in [0.5, 0.6) is 11.5 Å². The summed E-state index contributed by atoms with van der Waals surface area (Å²) in [5.74, 6) is -2.69. The Morgan fingerprint density at radius 3 is 2.06 bits per heavy atom. The maximum absolute atomic E-state index is 13.3. The van der Waals surface area contributed by atoms with Gasteiger partial charge in [0, 0.05) is 11.8 Å². The van der Waals surface area contributed by atoms with Gasteiger partial charge in [0.1, 0.15) is 17.1 Å². The Bertz CT molecular complexity index is 1260. The van der Waals surface area contributed by atoms with Gasteiger partial charge in [-0.2, -0.15) is 0 Å². The number of ketones is 2. The standard InChI is InChI=1S/C24H20N2O6/c1-2-3-4-13-5-7-14(8-6-13)25-15-9-11-17(27)21-19(15)23(29)22-18(28)12-10-16(26(31)32)20(22)24(21)30/h5-12,25,27-28H,2-4H2,1H3. The minimum Gasteiger partial charge on any atom is -0.507 e. The molecule has 0 saturated heterocycles. The average Bonchev–Trinajstić information content (AvgIpc) is 2.77. The van der Waals surface area contributed by atoms with Gasteiger partial charge in [-0.25, -0.2) is 0 Å². The van der Waals surface area contributed by atoms with E-state index in [1.165, 1.54) is 17.7 Å². The van der Waals surface area contributed by atoms with E-state index in [4.69, 9.17) is 0 Å². The van der Waals surface area contributed by atoms with E-state index in [1.807, 2.05) is 24.3 Å². The Balaban J connectivity index is 1.81. The van der Waals surface area contributed by atoms with E-state index in [0.29, 0.717) is 5.69 Å². The first-order valence-corrected chi connectivity index (χ1v) is 10.1. The highest BCUT2D eigenvalue weighted by Crippen LogP contribution is 2.43. The second kappa shape index (κ2) is 8.14. The van der Waals surface area contributed by atoms with E-state index in [1.54, 1.807) is 0 Å². The van der Waals surface area contributed by atoms with Crippen LogP contribution in [-0.2, 0) is 6.42 Å². The molecule has 3 aromatic carbocycles. The molecule has 0 radical (unpaired) electrons. The number of fused-ring (bicyclic) bond motifs is 2. The van der Waals surface area contributed by atoms with E-state index in [-0.39, 0.29) is 16.8 Å². The molecule has 8 heteroatoms. The predicted octanol–water partition coefficient (Wildman–Crippen LogP) is 4.87. The van der Waals surface area contributed by atoms with Crippen molar-refractivity contribution in [2.45, 2.75) is 26.2 Å². The van der Waals surface area contributed by atoms with E-state index in [0.717, 1.165) is 31.4 Å². The summed E-state index contributed by atoms with van der Waals surface area (Å²) in [6.45, 7) is 2.12. The monoisotopic (exact) mass is 432 g/mol. The van der Waals surface area contributed by atoms with Crippen LogP contribution in [-0.4, -0.2) is 26.7 Å². The van der Waals surface area contributed by atoms with E-state index < -0.39 is 44.8 Å². The summed E-state index contributed by atoms with van der Waals surface area (Å²) < 4.78 is 0. The van der Waals surface area contributed by atoms with Crippen LogP contribution in [0.3, 0.4) is 0 Å². The van der Waals surface area contributed by atoms with Gasteiger partial charge >= 0.3 is 0 Å². The zero-order chi connectivity index (χ0) is 23.0. The average molecular weight is 432 g/mol. The molecule has 162 valence electrons. The van der Waals surface area contributed by atoms with Gasteiger partial charge in [-0.1, -0.05) is 25.5 Å².